The molecule has 0 fully saturated rings. The van der Waals surface area contributed by atoms with Crippen molar-refractivity contribution < 1.29 is 4.74 Å². The highest BCUT2D eigenvalue weighted by atomic mass is 35.5. The number of ether oxygens (including phenoxy) is 1. The first-order valence-corrected chi connectivity index (χ1v) is 9.92. The van der Waals surface area contributed by atoms with Crippen molar-refractivity contribution in [2.45, 2.75) is 20.3 Å². The molecule has 2 aromatic carbocycles. The Morgan fingerprint density at radius 2 is 1.96 bits per heavy atom. The Morgan fingerprint density at radius 3 is 2.75 bits per heavy atom. The number of aryl methyl sites for hydroxylation is 2. The fourth-order valence-corrected chi connectivity index (χ4v) is 3.68. The first-order chi connectivity index (χ1) is 13.2. The number of halogens is 1. The molecule has 2 N–H and O–H groups in total. The molecule has 146 valence electrons. The van der Waals surface area contributed by atoms with Gasteiger partial charge in [0.05, 0.1) is 5.69 Å². The van der Waals surface area contributed by atoms with Crippen molar-refractivity contribution >= 4 is 34.8 Å². The van der Waals surface area contributed by atoms with Crippen molar-refractivity contribution in [1.29, 1.82) is 0 Å². The summed E-state index contributed by atoms with van der Waals surface area (Å²) in [4.78, 5) is 9.15. The molecule has 0 bridgehead atoms. The van der Waals surface area contributed by atoms with Crippen molar-refractivity contribution in [3.63, 3.8) is 0 Å². The zero-order chi connectivity index (χ0) is 18.6. The summed E-state index contributed by atoms with van der Waals surface area (Å²) in [6, 6.07) is 14.2. The van der Waals surface area contributed by atoms with Crippen LogP contribution in [0.4, 0.5) is 5.13 Å². The van der Waals surface area contributed by atoms with Crippen LogP contribution in [-0.4, -0.2) is 24.0 Å². The number of benzene rings is 2. The summed E-state index contributed by atoms with van der Waals surface area (Å²) < 4.78 is 6.22. The van der Waals surface area contributed by atoms with Gasteiger partial charge in [-0.2, -0.15) is 0 Å². The molecule has 0 saturated heterocycles. The molecular weight excluding hydrogens is 392 g/mol. The van der Waals surface area contributed by atoms with E-state index in [-0.39, 0.29) is 12.4 Å². The van der Waals surface area contributed by atoms with Gasteiger partial charge in [0.15, 0.2) is 11.1 Å². The molecule has 1 aliphatic rings. The average molecular weight is 415 g/mol. The molecule has 0 unspecified atom stereocenters. The minimum atomic E-state index is 0. The van der Waals surface area contributed by atoms with Crippen LogP contribution >= 0.6 is 23.7 Å². The summed E-state index contributed by atoms with van der Waals surface area (Å²) in [5, 5.41) is 9.37. The molecule has 0 radical (unpaired) electrons. The predicted molar refractivity (Wildman–Crippen MR) is 119 cm³/mol. The minimum Gasteiger partial charge on any atom is -0.456 e. The third-order valence-electron chi connectivity index (χ3n) is 4.34. The van der Waals surface area contributed by atoms with Crippen LogP contribution in [0.3, 0.4) is 0 Å². The molecule has 0 saturated carbocycles. The normalized spacial score (nSPS) is 13.1. The second-order valence-corrected chi connectivity index (χ2v) is 7.40. The van der Waals surface area contributed by atoms with Gasteiger partial charge in [-0.3, -0.25) is 4.99 Å². The van der Waals surface area contributed by atoms with Crippen molar-refractivity contribution in [3.8, 4) is 22.8 Å². The van der Waals surface area contributed by atoms with E-state index in [1.54, 1.807) is 11.3 Å². The van der Waals surface area contributed by atoms with Crippen LogP contribution < -0.4 is 15.4 Å². The van der Waals surface area contributed by atoms with E-state index in [2.05, 4.69) is 41.6 Å². The van der Waals surface area contributed by atoms with E-state index in [4.69, 9.17) is 9.72 Å². The Labute approximate surface area is 175 Å². The van der Waals surface area contributed by atoms with Crippen LogP contribution in [0.15, 0.2) is 52.8 Å². The highest BCUT2D eigenvalue weighted by molar-refractivity contribution is 7.14. The zero-order valence-electron chi connectivity index (χ0n) is 15.9. The Morgan fingerprint density at radius 1 is 1.11 bits per heavy atom. The molecule has 0 aliphatic carbocycles. The van der Waals surface area contributed by atoms with Gasteiger partial charge in [0.1, 0.15) is 11.5 Å². The van der Waals surface area contributed by atoms with Crippen LogP contribution in [0.25, 0.3) is 11.3 Å². The second kappa shape index (κ2) is 9.08. The molecule has 28 heavy (non-hydrogen) atoms. The van der Waals surface area contributed by atoms with Crippen LogP contribution in [0.1, 0.15) is 17.5 Å². The smallest absolute Gasteiger partial charge is 0.197 e. The number of hydrogen-bond acceptors (Lipinski definition) is 6. The number of aliphatic imine (C=N–C) groups is 1. The lowest BCUT2D eigenvalue weighted by atomic mass is 10.1. The summed E-state index contributed by atoms with van der Waals surface area (Å²) in [6.45, 7) is 5.94. The van der Waals surface area contributed by atoms with E-state index in [9.17, 15) is 0 Å². The van der Waals surface area contributed by atoms with E-state index < -0.39 is 0 Å². The molecular formula is C21H23ClN4OS. The monoisotopic (exact) mass is 414 g/mol. The number of aromatic nitrogens is 1. The first kappa shape index (κ1) is 20.2. The number of hydrogen-bond donors (Lipinski definition) is 2. The van der Waals surface area contributed by atoms with Crippen molar-refractivity contribution in [2.75, 3.05) is 18.4 Å². The molecule has 7 heteroatoms. The van der Waals surface area contributed by atoms with Gasteiger partial charge in [-0.15, -0.1) is 23.7 Å². The number of para-hydroxylation sites is 1. The van der Waals surface area contributed by atoms with Gasteiger partial charge < -0.3 is 15.4 Å². The molecule has 5 nitrogen and oxygen atoms in total. The van der Waals surface area contributed by atoms with Gasteiger partial charge in [-0.05, 0) is 44.0 Å². The topological polar surface area (TPSA) is 58.5 Å². The van der Waals surface area contributed by atoms with E-state index in [1.807, 2.05) is 35.7 Å². The lowest BCUT2D eigenvalue weighted by molar-refractivity contribution is 0.480. The fourth-order valence-electron chi connectivity index (χ4n) is 2.97. The maximum absolute atomic E-state index is 6.22. The van der Waals surface area contributed by atoms with Gasteiger partial charge in [0.2, 0.25) is 0 Å². The number of nitrogens with zero attached hydrogens (tertiary/aromatic N) is 2. The molecule has 2 heterocycles. The maximum atomic E-state index is 6.22. The number of nitrogens with one attached hydrogen (secondary N) is 2. The number of rotatable bonds is 4. The van der Waals surface area contributed by atoms with Crippen LogP contribution in [0.2, 0.25) is 0 Å². The molecule has 1 aromatic heterocycles. The molecule has 1 aliphatic heterocycles. The molecule has 3 aromatic rings. The highest BCUT2D eigenvalue weighted by Gasteiger charge is 2.13. The van der Waals surface area contributed by atoms with E-state index in [0.717, 1.165) is 58.9 Å². The average Bonchev–Trinajstić information content (AvgIpc) is 3.13. The maximum Gasteiger partial charge on any atom is 0.197 e. The number of thiazole rings is 1. The summed E-state index contributed by atoms with van der Waals surface area (Å²) in [5.41, 5.74) is 4.20. The summed E-state index contributed by atoms with van der Waals surface area (Å²) in [6.07, 6.45) is 1.07. The Kier molecular flexibility index (Phi) is 6.54. The first-order valence-electron chi connectivity index (χ1n) is 9.04. The number of guanidine groups is 1. The van der Waals surface area contributed by atoms with Crippen LogP contribution in [0.5, 0.6) is 11.5 Å². The standard InChI is InChI=1S/C21H22N4OS.ClH/c1-14-8-9-18(15(2)12-14)26-19-7-4-3-6-16(19)17-13-27-21(24-17)25-20-22-10-5-11-23-20;/h3-4,6-9,12-13H,5,10-11H2,1-2H3,(H2,22,23,24,25);1H. The highest BCUT2D eigenvalue weighted by Crippen LogP contribution is 2.35. The Bertz CT molecular complexity index is 986. The summed E-state index contributed by atoms with van der Waals surface area (Å²) in [7, 11) is 0. The minimum absolute atomic E-state index is 0. The lowest BCUT2D eigenvalue weighted by Crippen LogP contribution is -2.35. The predicted octanol–water partition coefficient (Wildman–Crippen LogP) is 5.40. The Balaban J connectivity index is 0.00000225. The second-order valence-electron chi connectivity index (χ2n) is 6.54. The molecule has 4 rings (SSSR count). The van der Waals surface area contributed by atoms with Crippen LogP contribution in [-0.2, 0) is 0 Å². The van der Waals surface area contributed by atoms with E-state index in [1.165, 1.54) is 5.56 Å². The number of anilines is 1. The van der Waals surface area contributed by atoms with E-state index >= 15 is 0 Å². The van der Waals surface area contributed by atoms with Crippen molar-refractivity contribution in [3.05, 3.63) is 59.0 Å². The van der Waals surface area contributed by atoms with Gasteiger partial charge in [-0.25, -0.2) is 4.98 Å². The van der Waals surface area contributed by atoms with Gasteiger partial charge in [0, 0.05) is 24.0 Å². The zero-order valence-corrected chi connectivity index (χ0v) is 17.5. The van der Waals surface area contributed by atoms with E-state index in [0.29, 0.717) is 0 Å². The summed E-state index contributed by atoms with van der Waals surface area (Å²) >= 11 is 1.56. The third kappa shape index (κ3) is 4.64. The fraction of sp³-hybridized carbons (Fsp3) is 0.238. The molecule has 0 atom stereocenters. The van der Waals surface area contributed by atoms with Gasteiger partial charge in [-0.1, -0.05) is 29.8 Å². The quantitative estimate of drug-likeness (QED) is 0.599. The Hall–Kier alpha value is -2.57. The van der Waals surface area contributed by atoms with Gasteiger partial charge in [0.25, 0.3) is 0 Å². The third-order valence-corrected chi connectivity index (χ3v) is 5.10. The molecule has 0 amide bonds. The van der Waals surface area contributed by atoms with Crippen molar-refractivity contribution in [2.24, 2.45) is 4.99 Å². The van der Waals surface area contributed by atoms with Crippen molar-refractivity contribution in [1.82, 2.24) is 10.3 Å². The largest absolute Gasteiger partial charge is 0.456 e. The van der Waals surface area contributed by atoms with Crippen LogP contribution in [0, 0.1) is 13.8 Å². The summed E-state index contributed by atoms with van der Waals surface area (Å²) in [5.74, 6) is 2.46. The lowest BCUT2D eigenvalue weighted by Gasteiger charge is -2.14. The SMILES string of the molecule is Cc1ccc(Oc2ccccc2-c2csc(NC3=NCCCN3)n2)c(C)c1.Cl. The molecule has 0 spiro atoms. The van der Waals surface area contributed by atoms with Gasteiger partial charge >= 0.3 is 0 Å².